The van der Waals surface area contributed by atoms with Gasteiger partial charge in [-0.1, -0.05) is 12.1 Å². The summed E-state index contributed by atoms with van der Waals surface area (Å²) in [7, 11) is 0. The third kappa shape index (κ3) is 3.39. The van der Waals surface area contributed by atoms with Gasteiger partial charge in [0, 0.05) is 13.2 Å². The zero-order valence-electron chi connectivity index (χ0n) is 14.5. The minimum atomic E-state index is -0.593. The molecule has 3 rings (SSSR count). The molecule has 1 aromatic rings. The molecular formula is C19H23NO5. The van der Waals surface area contributed by atoms with Crippen LogP contribution in [0.4, 0.5) is 0 Å². The summed E-state index contributed by atoms with van der Waals surface area (Å²) in [5.74, 6) is -0.553. The Morgan fingerprint density at radius 3 is 2.64 bits per heavy atom. The molecule has 2 aliphatic rings. The van der Waals surface area contributed by atoms with E-state index in [9.17, 15) is 14.7 Å². The molecule has 0 saturated carbocycles. The predicted octanol–water partition coefficient (Wildman–Crippen LogP) is 2.55. The predicted molar refractivity (Wildman–Crippen MR) is 91.4 cm³/mol. The Bertz CT molecular complexity index is 688. The SMILES string of the molecule is CCOc1ccc([C@@H]2C(C(C)=O)=C(O)C(=O)N2C[C@H]2CCCO2)cc1. The lowest BCUT2D eigenvalue weighted by atomic mass is 9.96. The maximum atomic E-state index is 12.5. The van der Waals surface area contributed by atoms with Gasteiger partial charge in [-0.2, -0.15) is 0 Å². The van der Waals surface area contributed by atoms with Crippen LogP contribution in [0.2, 0.25) is 0 Å². The average Bonchev–Trinajstić information content (AvgIpc) is 3.18. The highest BCUT2D eigenvalue weighted by molar-refractivity contribution is 6.08. The van der Waals surface area contributed by atoms with Crippen molar-refractivity contribution in [1.82, 2.24) is 4.90 Å². The van der Waals surface area contributed by atoms with Gasteiger partial charge in [0.05, 0.1) is 24.3 Å². The van der Waals surface area contributed by atoms with Gasteiger partial charge in [-0.3, -0.25) is 9.59 Å². The summed E-state index contributed by atoms with van der Waals surface area (Å²) in [6.07, 6.45) is 1.77. The first-order valence-corrected chi connectivity index (χ1v) is 8.62. The molecule has 0 bridgehead atoms. The molecule has 25 heavy (non-hydrogen) atoms. The van der Waals surface area contributed by atoms with Crippen molar-refractivity contribution in [2.24, 2.45) is 0 Å². The fourth-order valence-electron chi connectivity index (χ4n) is 3.47. The Hall–Kier alpha value is -2.34. The first kappa shape index (κ1) is 17.5. The van der Waals surface area contributed by atoms with Gasteiger partial charge in [-0.05, 0) is 44.4 Å². The van der Waals surface area contributed by atoms with Crippen LogP contribution >= 0.6 is 0 Å². The van der Waals surface area contributed by atoms with Crippen molar-refractivity contribution in [1.29, 1.82) is 0 Å². The summed E-state index contributed by atoms with van der Waals surface area (Å²) in [5, 5.41) is 10.2. The maximum absolute atomic E-state index is 12.5. The van der Waals surface area contributed by atoms with E-state index in [1.807, 2.05) is 19.1 Å². The molecule has 1 aromatic carbocycles. The fourth-order valence-corrected chi connectivity index (χ4v) is 3.47. The standard InChI is InChI=1S/C19H23NO5/c1-3-24-14-8-6-13(7-9-14)17-16(12(2)21)18(22)19(23)20(17)11-15-5-4-10-25-15/h6-9,15,17,22H,3-5,10-11H2,1-2H3/t15-,17-/m1/s1. The summed E-state index contributed by atoms with van der Waals surface area (Å²) in [6.45, 7) is 4.88. The summed E-state index contributed by atoms with van der Waals surface area (Å²) < 4.78 is 11.1. The molecule has 2 aliphatic heterocycles. The van der Waals surface area contributed by atoms with E-state index < -0.39 is 17.7 Å². The Morgan fingerprint density at radius 1 is 1.36 bits per heavy atom. The molecule has 1 amide bonds. The van der Waals surface area contributed by atoms with Gasteiger partial charge < -0.3 is 19.5 Å². The number of aliphatic hydroxyl groups is 1. The molecule has 0 unspecified atom stereocenters. The number of hydrogen-bond donors (Lipinski definition) is 1. The van der Waals surface area contributed by atoms with Gasteiger partial charge >= 0.3 is 0 Å². The van der Waals surface area contributed by atoms with Crippen molar-refractivity contribution in [3.05, 3.63) is 41.2 Å². The van der Waals surface area contributed by atoms with Crippen molar-refractivity contribution in [2.75, 3.05) is 19.8 Å². The van der Waals surface area contributed by atoms with Crippen LogP contribution in [0.1, 0.15) is 38.3 Å². The van der Waals surface area contributed by atoms with E-state index in [0.29, 0.717) is 19.8 Å². The van der Waals surface area contributed by atoms with Crippen LogP contribution in [0, 0.1) is 0 Å². The number of carbonyl (C=O) groups excluding carboxylic acids is 2. The van der Waals surface area contributed by atoms with E-state index in [0.717, 1.165) is 24.2 Å². The van der Waals surface area contributed by atoms with Crippen molar-refractivity contribution < 1.29 is 24.2 Å². The minimum absolute atomic E-state index is 0.0618. The Kier molecular flexibility index (Phi) is 5.08. The highest BCUT2D eigenvalue weighted by Gasteiger charge is 2.43. The molecule has 1 fully saturated rings. The zero-order chi connectivity index (χ0) is 18.0. The van der Waals surface area contributed by atoms with Crippen molar-refractivity contribution >= 4 is 11.7 Å². The molecule has 2 atom stereocenters. The molecule has 1 saturated heterocycles. The summed E-state index contributed by atoms with van der Waals surface area (Å²) in [5.41, 5.74) is 0.913. The molecule has 0 spiro atoms. The van der Waals surface area contributed by atoms with Gasteiger partial charge in [0.2, 0.25) is 0 Å². The summed E-state index contributed by atoms with van der Waals surface area (Å²) in [4.78, 5) is 26.2. The molecule has 6 nitrogen and oxygen atoms in total. The number of hydrogen-bond acceptors (Lipinski definition) is 5. The number of benzene rings is 1. The van der Waals surface area contributed by atoms with E-state index >= 15 is 0 Å². The van der Waals surface area contributed by atoms with E-state index in [-0.39, 0.29) is 17.5 Å². The molecule has 2 heterocycles. The normalized spacial score (nSPS) is 23.4. The number of ether oxygens (including phenoxy) is 2. The first-order chi connectivity index (χ1) is 12.0. The zero-order valence-corrected chi connectivity index (χ0v) is 14.5. The minimum Gasteiger partial charge on any atom is -0.503 e. The average molecular weight is 345 g/mol. The second kappa shape index (κ2) is 7.27. The smallest absolute Gasteiger partial charge is 0.290 e. The van der Waals surface area contributed by atoms with Crippen LogP contribution in [-0.2, 0) is 14.3 Å². The third-order valence-corrected chi connectivity index (χ3v) is 4.61. The highest BCUT2D eigenvalue weighted by atomic mass is 16.5. The monoisotopic (exact) mass is 345 g/mol. The van der Waals surface area contributed by atoms with Crippen molar-refractivity contribution in [2.45, 2.75) is 38.8 Å². The fraction of sp³-hybridized carbons (Fsp3) is 0.474. The molecule has 0 aromatic heterocycles. The molecule has 134 valence electrons. The third-order valence-electron chi connectivity index (χ3n) is 4.61. The van der Waals surface area contributed by atoms with Gasteiger partial charge in [0.25, 0.3) is 5.91 Å². The number of carbonyl (C=O) groups is 2. The van der Waals surface area contributed by atoms with Gasteiger partial charge in [-0.15, -0.1) is 0 Å². The van der Waals surface area contributed by atoms with Crippen LogP contribution < -0.4 is 4.74 Å². The largest absolute Gasteiger partial charge is 0.503 e. The lowest BCUT2D eigenvalue weighted by Crippen LogP contribution is -2.37. The second-order valence-electron chi connectivity index (χ2n) is 6.32. The van der Waals surface area contributed by atoms with Crippen LogP contribution in [0.5, 0.6) is 5.75 Å². The second-order valence-corrected chi connectivity index (χ2v) is 6.32. The Morgan fingerprint density at radius 2 is 2.08 bits per heavy atom. The topological polar surface area (TPSA) is 76.1 Å². The quantitative estimate of drug-likeness (QED) is 0.857. The van der Waals surface area contributed by atoms with E-state index in [1.165, 1.54) is 11.8 Å². The van der Waals surface area contributed by atoms with E-state index in [2.05, 4.69) is 0 Å². The van der Waals surface area contributed by atoms with E-state index in [1.54, 1.807) is 12.1 Å². The summed E-state index contributed by atoms with van der Waals surface area (Å²) >= 11 is 0. The van der Waals surface area contributed by atoms with Crippen LogP contribution in [0.15, 0.2) is 35.6 Å². The summed E-state index contributed by atoms with van der Waals surface area (Å²) in [6, 6.07) is 6.67. The van der Waals surface area contributed by atoms with E-state index in [4.69, 9.17) is 9.47 Å². The van der Waals surface area contributed by atoms with Gasteiger partial charge in [0.1, 0.15) is 5.75 Å². The molecule has 1 N–H and O–H groups in total. The Balaban J connectivity index is 1.93. The number of rotatable bonds is 6. The number of ketones is 1. The molecule has 0 aliphatic carbocycles. The van der Waals surface area contributed by atoms with Gasteiger partial charge in [-0.25, -0.2) is 0 Å². The number of amides is 1. The molecular weight excluding hydrogens is 322 g/mol. The molecule has 0 radical (unpaired) electrons. The van der Waals surface area contributed by atoms with Crippen LogP contribution in [0.25, 0.3) is 0 Å². The Labute approximate surface area is 147 Å². The highest BCUT2D eigenvalue weighted by Crippen LogP contribution is 2.38. The van der Waals surface area contributed by atoms with Crippen LogP contribution in [0.3, 0.4) is 0 Å². The lowest BCUT2D eigenvalue weighted by molar-refractivity contribution is -0.131. The number of aliphatic hydroxyl groups excluding tert-OH is 1. The first-order valence-electron chi connectivity index (χ1n) is 8.62. The number of Topliss-reactive ketones (excluding diaryl/α,β-unsaturated/α-hetero) is 1. The van der Waals surface area contributed by atoms with Crippen LogP contribution in [-0.4, -0.2) is 47.6 Å². The van der Waals surface area contributed by atoms with Crippen molar-refractivity contribution in [3.63, 3.8) is 0 Å². The molecule has 6 heteroatoms. The maximum Gasteiger partial charge on any atom is 0.290 e. The van der Waals surface area contributed by atoms with Gasteiger partial charge in [0.15, 0.2) is 11.5 Å². The number of nitrogens with zero attached hydrogens (tertiary/aromatic N) is 1. The van der Waals surface area contributed by atoms with Crippen molar-refractivity contribution in [3.8, 4) is 5.75 Å². The lowest BCUT2D eigenvalue weighted by Gasteiger charge is -2.28.